The van der Waals surface area contributed by atoms with Gasteiger partial charge in [-0.15, -0.1) is 0 Å². The highest BCUT2D eigenvalue weighted by Crippen LogP contribution is 2.25. The van der Waals surface area contributed by atoms with Crippen molar-refractivity contribution in [2.75, 3.05) is 7.11 Å². The van der Waals surface area contributed by atoms with Crippen molar-refractivity contribution in [3.05, 3.63) is 24.0 Å². The van der Waals surface area contributed by atoms with Gasteiger partial charge in [0.15, 0.2) is 0 Å². The molecule has 3 nitrogen and oxygen atoms in total. The average Bonchev–Trinajstić information content (AvgIpc) is 2.66. The van der Waals surface area contributed by atoms with E-state index in [9.17, 15) is 4.79 Å². The van der Waals surface area contributed by atoms with E-state index >= 15 is 0 Å². The smallest absolute Gasteiger partial charge is 0.329 e. The van der Waals surface area contributed by atoms with Gasteiger partial charge in [0.05, 0.1) is 7.11 Å². The Labute approximate surface area is 97.4 Å². The van der Waals surface area contributed by atoms with E-state index in [0.717, 1.165) is 0 Å². The van der Waals surface area contributed by atoms with Gasteiger partial charge in [0.2, 0.25) is 0 Å². The predicted molar refractivity (Wildman–Crippen MR) is 64.4 cm³/mol. The van der Waals surface area contributed by atoms with Crippen LogP contribution in [0.25, 0.3) is 0 Å². The number of rotatable bonds is 4. The fraction of sp³-hybridized carbons (Fsp3) is 0.615. The molecule has 1 atom stereocenters. The summed E-state index contributed by atoms with van der Waals surface area (Å²) in [6.45, 7) is 8.32. The van der Waals surface area contributed by atoms with Crippen LogP contribution in [0.4, 0.5) is 0 Å². The lowest BCUT2D eigenvalue weighted by molar-refractivity contribution is -0.146. The highest BCUT2D eigenvalue weighted by Gasteiger charge is 2.26. The van der Waals surface area contributed by atoms with Crippen molar-refractivity contribution in [3.63, 3.8) is 0 Å². The molecule has 0 aliphatic heterocycles. The van der Waals surface area contributed by atoms with E-state index < -0.39 is 0 Å². The molecule has 90 valence electrons. The minimum absolute atomic E-state index is 0.173. The summed E-state index contributed by atoms with van der Waals surface area (Å²) in [6, 6.07) is 3.81. The Balaban J connectivity index is 3.11. The van der Waals surface area contributed by atoms with E-state index in [1.807, 2.05) is 30.7 Å². The van der Waals surface area contributed by atoms with E-state index in [0.29, 0.717) is 5.92 Å². The summed E-state index contributed by atoms with van der Waals surface area (Å²) in [5.74, 6) is 0.450. The average molecular weight is 223 g/mol. The Hall–Kier alpha value is -1.25. The van der Waals surface area contributed by atoms with Crippen LogP contribution >= 0.6 is 0 Å². The summed E-state index contributed by atoms with van der Waals surface area (Å²) >= 11 is 0. The monoisotopic (exact) mass is 223 g/mol. The molecule has 0 bridgehead atoms. The number of carbonyl (C=O) groups excluding carboxylic acids is 1. The number of aromatic nitrogens is 1. The summed E-state index contributed by atoms with van der Waals surface area (Å²) in [5, 5.41) is 0. The van der Waals surface area contributed by atoms with E-state index in [1.54, 1.807) is 0 Å². The molecule has 0 unspecified atom stereocenters. The van der Waals surface area contributed by atoms with E-state index in [-0.39, 0.29) is 17.9 Å². The first-order valence-corrected chi connectivity index (χ1v) is 5.73. The predicted octanol–water partition coefficient (Wildman–Crippen LogP) is 2.98. The second kappa shape index (κ2) is 5.19. The zero-order chi connectivity index (χ0) is 12.3. The van der Waals surface area contributed by atoms with Crippen LogP contribution in [0.2, 0.25) is 0 Å². The summed E-state index contributed by atoms with van der Waals surface area (Å²) in [4.78, 5) is 11.8. The highest BCUT2D eigenvalue weighted by atomic mass is 16.5. The first-order chi connectivity index (χ1) is 7.49. The Morgan fingerprint density at radius 3 is 2.38 bits per heavy atom. The fourth-order valence-corrected chi connectivity index (χ4v) is 1.98. The number of nitrogens with zero attached hydrogens (tertiary/aromatic N) is 1. The van der Waals surface area contributed by atoms with Crippen LogP contribution in [0.15, 0.2) is 18.3 Å². The van der Waals surface area contributed by atoms with Crippen LogP contribution < -0.4 is 0 Å². The number of methoxy groups -OCH3 is 1. The molecule has 0 aliphatic rings. The molecule has 1 aromatic heterocycles. The number of esters is 1. The van der Waals surface area contributed by atoms with Crippen molar-refractivity contribution < 1.29 is 9.53 Å². The largest absolute Gasteiger partial charge is 0.467 e. The van der Waals surface area contributed by atoms with Crippen LogP contribution in [0, 0.1) is 5.92 Å². The maximum atomic E-state index is 11.8. The number of hydrogen-bond acceptors (Lipinski definition) is 2. The zero-order valence-electron chi connectivity index (χ0n) is 10.7. The quantitative estimate of drug-likeness (QED) is 0.735. The SMILES string of the molecule is COC(=O)[C@@H](C(C)C)n1cccc1C(C)C. The van der Waals surface area contributed by atoms with Gasteiger partial charge in [-0.25, -0.2) is 4.79 Å². The van der Waals surface area contributed by atoms with Crippen LogP contribution in [0.3, 0.4) is 0 Å². The normalized spacial score (nSPS) is 13.2. The Morgan fingerprint density at radius 1 is 1.31 bits per heavy atom. The second-order valence-electron chi connectivity index (χ2n) is 4.71. The molecule has 1 aromatic rings. The second-order valence-corrected chi connectivity index (χ2v) is 4.71. The molecule has 0 aliphatic carbocycles. The molecule has 0 spiro atoms. The summed E-state index contributed by atoms with van der Waals surface area (Å²) in [7, 11) is 1.44. The molecule has 0 saturated carbocycles. The van der Waals surface area contributed by atoms with Crippen LogP contribution in [-0.2, 0) is 9.53 Å². The molecule has 16 heavy (non-hydrogen) atoms. The van der Waals surface area contributed by atoms with Gasteiger partial charge in [-0.2, -0.15) is 0 Å². The maximum absolute atomic E-state index is 11.8. The minimum Gasteiger partial charge on any atom is -0.467 e. The molecular weight excluding hydrogens is 202 g/mol. The standard InChI is InChI=1S/C13H21NO2/c1-9(2)11-7-6-8-14(11)12(10(3)4)13(15)16-5/h6-10,12H,1-5H3/t12-/m1/s1. The molecule has 0 fully saturated rings. The molecular formula is C13H21NO2. The van der Waals surface area contributed by atoms with Crippen molar-refractivity contribution in [1.82, 2.24) is 4.57 Å². The van der Waals surface area contributed by atoms with E-state index in [2.05, 4.69) is 19.9 Å². The number of hydrogen-bond donors (Lipinski definition) is 0. The lowest BCUT2D eigenvalue weighted by atomic mass is 10.0. The van der Waals surface area contributed by atoms with Gasteiger partial charge in [-0.1, -0.05) is 27.7 Å². The van der Waals surface area contributed by atoms with Crippen molar-refractivity contribution in [2.45, 2.75) is 39.7 Å². The summed E-state index contributed by atoms with van der Waals surface area (Å²) in [5.41, 5.74) is 1.17. The third-order valence-corrected chi connectivity index (χ3v) is 2.78. The van der Waals surface area contributed by atoms with Gasteiger partial charge >= 0.3 is 5.97 Å². The van der Waals surface area contributed by atoms with Gasteiger partial charge in [-0.3, -0.25) is 0 Å². The molecule has 1 heterocycles. The molecule has 0 radical (unpaired) electrons. The van der Waals surface area contributed by atoms with Gasteiger partial charge in [0.25, 0.3) is 0 Å². The van der Waals surface area contributed by atoms with Gasteiger partial charge in [0.1, 0.15) is 6.04 Å². The van der Waals surface area contributed by atoms with Crippen molar-refractivity contribution in [2.24, 2.45) is 5.92 Å². The lowest BCUT2D eigenvalue weighted by Crippen LogP contribution is -2.26. The third-order valence-electron chi connectivity index (χ3n) is 2.78. The maximum Gasteiger partial charge on any atom is 0.329 e. The molecule has 1 rings (SSSR count). The fourth-order valence-electron chi connectivity index (χ4n) is 1.98. The Bertz CT molecular complexity index is 353. The molecule has 0 saturated heterocycles. The molecule has 3 heteroatoms. The van der Waals surface area contributed by atoms with Crippen LogP contribution in [0.1, 0.15) is 45.3 Å². The third kappa shape index (κ3) is 2.46. The van der Waals surface area contributed by atoms with Gasteiger partial charge < -0.3 is 9.30 Å². The zero-order valence-corrected chi connectivity index (χ0v) is 10.7. The Morgan fingerprint density at radius 2 is 1.94 bits per heavy atom. The van der Waals surface area contributed by atoms with Crippen LogP contribution in [0.5, 0.6) is 0 Å². The minimum atomic E-state index is -0.225. The lowest BCUT2D eigenvalue weighted by Gasteiger charge is -2.24. The molecule has 0 aromatic carbocycles. The van der Waals surface area contributed by atoms with Crippen molar-refractivity contribution in [1.29, 1.82) is 0 Å². The summed E-state index contributed by atoms with van der Waals surface area (Å²) < 4.78 is 6.90. The summed E-state index contributed by atoms with van der Waals surface area (Å²) in [6.07, 6.45) is 1.96. The van der Waals surface area contributed by atoms with Crippen molar-refractivity contribution in [3.8, 4) is 0 Å². The topological polar surface area (TPSA) is 31.2 Å². The highest BCUT2D eigenvalue weighted by molar-refractivity contribution is 5.74. The molecule has 0 N–H and O–H groups in total. The molecule has 0 amide bonds. The van der Waals surface area contributed by atoms with E-state index in [1.165, 1.54) is 12.8 Å². The van der Waals surface area contributed by atoms with E-state index in [4.69, 9.17) is 4.74 Å². The van der Waals surface area contributed by atoms with Gasteiger partial charge in [-0.05, 0) is 24.0 Å². The Kier molecular flexibility index (Phi) is 4.16. The van der Waals surface area contributed by atoms with Gasteiger partial charge in [0, 0.05) is 11.9 Å². The van der Waals surface area contributed by atoms with Crippen molar-refractivity contribution >= 4 is 5.97 Å². The first-order valence-electron chi connectivity index (χ1n) is 5.73. The first kappa shape index (κ1) is 12.8. The number of ether oxygens (including phenoxy) is 1. The van der Waals surface area contributed by atoms with Crippen LogP contribution in [-0.4, -0.2) is 17.6 Å². The number of carbonyl (C=O) groups is 1.